The molecule has 0 aromatic rings. The smallest absolute Gasteiger partial charge is 1.00 e. The normalized spacial score (nSPS) is 5.62. The summed E-state index contributed by atoms with van der Waals surface area (Å²) in [7, 11) is 0. The van der Waals surface area contributed by atoms with Crippen molar-refractivity contribution < 1.29 is 56.7 Å². The molecule has 0 saturated heterocycles. The van der Waals surface area contributed by atoms with E-state index in [1.54, 1.807) is 0 Å². The first-order valence-corrected chi connectivity index (χ1v) is 3.62. The van der Waals surface area contributed by atoms with Gasteiger partial charge in [-0.25, -0.2) is 0 Å². The minimum atomic E-state index is 0. The van der Waals surface area contributed by atoms with Crippen molar-refractivity contribution in [3.8, 4) is 0 Å². The minimum absolute atomic E-state index is 0. The van der Waals surface area contributed by atoms with E-state index in [1.807, 2.05) is 0 Å². The molecule has 0 aromatic carbocycles. The van der Waals surface area contributed by atoms with Crippen LogP contribution in [0.5, 0.6) is 0 Å². The van der Waals surface area contributed by atoms with Crippen LogP contribution in [0, 0.1) is 0 Å². The zero-order chi connectivity index (χ0) is 10.2. The van der Waals surface area contributed by atoms with Crippen LogP contribution >= 0.6 is 0 Å². The molecule has 0 aliphatic rings. The van der Waals surface area contributed by atoms with Crippen molar-refractivity contribution >= 4 is 0 Å². The van der Waals surface area contributed by atoms with Gasteiger partial charge < -0.3 is 71.6 Å². The topological polar surface area (TPSA) is 143 Å². The summed E-state index contributed by atoms with van der Waals surface area (Å²) in [6.45, 7) is 1.42. The number of hydrogen-bond donors (Lipinski definition) is 0. The fraction of sp³-hybridized carbons (Fsp3) is 1.00. The van der Waals surface area contributed by atoms with Crippen LogP contribution in [0.3, 0.4) is 0 Å². The van der Waals surface area contributed by atoms with E-state index in [-0.39, 0.29) is 96.0 Å². The summed E-state index contributed by atoms with van der Waals surface area (Å²) in [4.78, 5) is 0. The van der Waals surface area contributed by atoms with Crippen LogP contribution in [-0.2, 0) is 19.5 Å². The molecule has 0 rings (SSSR count). The fourth-order valence-electron chi connectivity index (χ4n) is 0. The summed E-state index contributed by atoms with van der Waals surface area (Å²) in [5.41, 5.74) is 37.6. The van der Waals surface area contributed by atoms with Crippen molar-refractivity contribution in [3.63, 3.8) is 0 Å². The average molecular weight is 384 g/mol. The molecule has 0 saturated carbocycles. The maximum Gasteiger partial charge on any atom is 3.00 e. The van der Waals surface area contributed by atoms with Gasteiger partial charge >= 0.3 is 19.5 Å². The van der Waals surface area contributed by atoms with Crippen LogP contribution in [0.25, 0.3) is 34.4 Å². The molecule has 10 heteroatoms. The zero-order valence-corrected chi connectivity index (χ0v) is 12.6. The number of nitrogens with one attached hydrogen (secondary N) is 6. The Morgan fingerprint density at radius 3 is 0.438 bits per heavy atom. The van der Waals surface area contributed by atoms with E-state index >= 15 is 0 Å². The van der Waals surface area contributed by atoms with Crippen LogP contribution in [-0.4, -0.2) is 39.3 Å². The van der Waals surface area contributed by atoms with E-state index in [9.17, 15) is 0 Å². The van der Waals surface area contributed by atoms with Crippen LogP contribution in [0.1, 0.15) is 0 Å². The van der Waals surface area contributed by atoms with E-state index in [1.165, 1.54) is 0 Å². The SMILES string of the molecule is [Cl-].[Cl-].[Cl-].[NH-]CC[NH-].[NH-]CC[NH-].[NH-]CC[NH-].[Rh+3]. The minimum Gasteiger partial charge on any atom is -1.00 e. The van der Waals surface area contributed by atoms with Crippen LogP contribution < -0.4 is 37.2 Å². The summed E-state index contributed by atoms with van der Waals surface area (Å²) in [5.74, 6) is 0. The standard InChI is InChI=1S/3C2H6N2.3ClH.Rh/c3*3-1-2-4;;;;/h3*3-4H,1-2H2;3*1H;/q3*-2;;;;+3/p-3. The Bertz CT molecular complexity index is 43.7. The summed E-state index contributed by atoms with van der Waals surface area (Å²) in [5, 5.41) is 0. The molecule has 0 aliphatic heterocycles. The van der Waals surface area contributed by atoms with E-state index in [0.29, 0.717) is 0 Å². The third-order valence-electron chi connectivity index (χ3n) is 0.375. The van der Waals surface area contributed by atoms with E-state index in [4.69, 9.17) is 34.4 Å². The second kappa shape index (κ2) is 71.9. The molecule has 6 N–H and O–H groups in total. The Balaban J connectivity index is -0.0000000135. The summed E-state index contributed by atoms with van der Waals surface area (Å²) in [6, 6.07) is 0. The summed E-state index contributed by atoms with van der Waals surface area (Å²) in [6.07, 6.45) is 0. The first kappa shape index (κ1) is 43.4. The molecule has 16 heavy (non-hydrogen) atoms. The number of halogens is 3. The van der Waals surface area contributed by atoms with E-state index in [0.717, 1.165) is 0 Å². The molecule has 0 radical (unpaired) electrons. The zero-order valence-electron chi connectivity index (χ0n) is 8.71. The predicted octanol–water partition coefficient (Wildman–Crippen LogP) is -5.72. The second-order valence-corrected chi connectivity index (χ2v) is 1.50. The molecule has 6 nitrogen and oxygen atoms in total. The third-order valence-corrected chi connectivity index (χ3v) is 0.375. The van der Waals surface area contributed by atoms with Crippen molar-refractivity contribution in [3.05, 3.63) is 34.4 Å². The molecule has 0 heterocycles. The van der Waals surface area contributed by atoms with Crippen LogP contribution in [0.4, 0.5) is 0 Å². The fourth-order valence-corrected chi connectivity index (χ4v) is 0. The Hall–Kier alpha value is 1.25. The third kappa shape index (κ3) is 171. The molecule has 0 bridgehead atoms. The summed E-state index contributed by atoms with van der Waals surface area (Å²) < 4.78 is 0. The van der Waals surface area contributed by atoms with Crippen LogP contribution in [0.2, 0.25) is 0 Å². The maximum absolute atomic E-state index is 6.26. The van der Waals surface area contributed by atoms with Crippen molar-refractivity contribution in [1.29, 1.82) is 0 Å². The van der Waals surface area contributed by atoms with Gasteiger partial charge in [0.05, 0.1) is 0 Å². The molecule has 0 atom stereocenters. The van der Waals surface area contributed by atoms with Crippen molar-refractivity contribution in [1.82, 2.24) is 0 Å². The Labute approximate surface area is 130 Å². The maximum atomic E-state index is 6.26. The van der Waals surface area contributed by atoms with Crippen molar-refractivity contribution in [2.75, 3.05) is 39.3 Å². The van der Waals surface area contributed by atoms with E-state index in [2.05, 4.69) is 0 Å². The predicted molar refractivity (Wildman–Crippen MR) is 55.1 cm³/mol. The van der Waals surface area contributed by atoms with Gasteiger partial charge in [0.2, 0.25) is 0 Å². The van der Waals surface area contributed by atoms with Gasteiger partial charge in [-0.2, -0.15) is 39.3 Å². The molecular formula is C6H18Cl3N6Rh-6. The van der Waals surface area contributed by atoms with Gasteiger partial charge in [0.25, 0.3) is 0 Å². The average Bonchev–Trinajstić information content (AvgIpc) is 2.18. The second-order valence-electron chi connectivity index (χ2n) is 1.50. The number of rotatable bonds is 3. The van der Waals surface area contributed by atoms with Gasteiger partial charge in [-0.1, -0.05) is 0 Å². The van der Waals surface area contributed by atoms with Crippen molar-refractivity contribution in [2.24, 2.45) is 0 Å². The quantitative estimate of drug-likeness (QED) is 0.428. The van der Waals surface area contributed by atoms with Gasteiger partial charge in [0, 0.05) is 0 Å². The van der Waals surface area contributed by atoms with Gasteiger partial charge in [-0.05, 0) is 0 Å². The Morgan fingerprint density at radius 1 is 0.375 bits per heavy atom. The molecule has 0 spiro atoms. The first-order chi connectivity index (χ1) is 5.74. The van der Waals surface area contributed by atoms with Crippen LogP contribution in [0.15, 0.2) is 0 Å². The molecule has 0 aromatic heterocycles. The monoisotopic (exact) mass is 382 g/mol. The van der Waals surface area contributed by atoms with Gasteiger partial charge in [0.1, 0.15) is 0 Å². The van der Waals surface area contributed by atoms with Gasteiger partial charge in [-0.15, -0.1) is 0 Å². The molecule has 0 aliphatic carbocycles. The Kier molecular flexibility index (Phi) is 195. The summed E-state index contributed by atoms with van der Waals surface area (Å²) >= 11 is 0. The van der Waals surface area contributed by atoms with Crippen molar-refractivity contribution in [2.45, 2.75) is 0 Å². The van der Waals surface area contributed by atoms with Gasteiger partial charge in [0.15, 0.2) is 0 Å². The molecule has 108 valence electrons. The molecule has 0 amide bonds. The molecule has 0 unspecified atom stereocenters. The van der Waals surface area contributed by atoms with Gasteiger partial charge in [-0.3, -0.25) is 0 Å². The first-order valence-electron chi connectivity index (χ1n) is 3.62. The molecule has 0 fully saturated rings. The Morgan fingerprint density at radius 2 is 0.438 bits per heavy atom. The largest absolute Gasteiger partial charge is 3.00 e. The molecular weight excluding hydrogens is 365 g/mol. The van der Waals surface area contributed by atoms with E-state index < -0.39 is 0 Å². The number of hydrogen-bond acceptors (Lipinski definition) is 0.